The molecule has 19 heavy (non-hydrogen) atoms. The summed E-state index contributed by atoms with van der Waals surface area (Å²) in [6, 6.07) is 0. The number of carboxylic acid groups (broad SMARTS) is 1. The molecule has 0 aromatic rings. The molecular formula is C15H22O4. The number of aliphatic hydroxyl groups excluding tert-OH is 1. The predicted octanol–water partition coefficient (Wildman–Crippen LogP) is 2.33. The lowest BCUT2D eigenvalue weighted by molar-refractivity contribution is -0.137. The predicted molar refractivity (Wildman–Crippen MR) is 72.7 cm³/mol. The molecule has 1 rings (SSSR count). The summed E-state index contributed by atoms with van der Waals surface area (Å²) in [5.41, 5.74) is 0.386. The number of carbonyl (C=O) groups excluding carboxylic acids is 1. The molecule has 0 spiro atoms. The van der Waals surface area contributed by atoms with Crippen molar-refractivity contribution in [1.29, 1.82) is 0 Å². The van der Waals surface area contributed by atoms with Crippen molar-refractivity contribution in [3.05, 3.63) is 24.3 Å². The Bertz CT molecular complexity index is 424. The fourth-order valence-electron chi connectivity index (χ4n) is 2.66. The fraction of sp³-hybridized carbons (Fsp3) is 0.600. The van der Waals surface area contributed by atoms with Crippen LogP contribution in [0.15, 0.2) is 24.3 Å². The minimum atomic E-state index is -0.953. The van der Waals surface area contributed by atoms with Gasteiger partial charge in [-0.1, -0.05) is 18.7 Å². The van der Waals surface area contributed by atoms with Crippen LogP contribution in [0.1, 0.15) is 39.5 Å². The molecule has 4 nitrogen and oxygen atoms in total. The molecule has 1 aliphatic rings. The van der Waals surface area contributed by atoms with Crippen LogP contribution in [-0.2, 0) is 9.59 Å². The van der Waals surface area contributed by atoms with Gasteiger partial charge < -0.3 is 10.2 Å². The van der Waals surface area contributed by atoms with Crippen molar-refractivity contribution in [2.45, 2.75) is 45.6 Å². The van der Waals surface area contributed by atoms with E-state index in [1.165, 1.54) is 0 Å². The Morgan fingerprint density at radius 3 is 2.32 bits per heavy atom. The van der Waals surface area contributed by atoms with Gasteiger partial charge in [-0.25, -0.2) is 0 Å². The van der Waals surface area contributed by atoms with Gasteiger partial charge in [0.1, 0.15) is 0 Å². The van der Waals surface area contributed by atoms with Gasteiger partial charge in [-0.05, 0) is 44.6 Å². The van der Waals surface area contributed by atoms with Crippen LogP contribution < -0.4 is 0 Å². The summed E-state index contributed by atoms with van der Waals surface area (Å²) in [5, 5.41) is 18.8. The number of hydrogen-bond acceptors (Lipinski definition) is 3. The number of carbonyl (C=O) groups is 2. The molecule has 0 saturated heterocycles. The van der Waals surface area contributed by atoms with E-state index in [1.54, 1.807) is 6.92 Å². The summed E-state index contributed by atoms with van der Waals surface area (Å²) in [4.78, 5) is 22.9. The number of Topliss-reactive ketones (excluding diaryl/α,β-unsaturated/α-hetero) is 1. The van der Waals surface area contributed by atoms with Crippen LogP contribution in [0, 0.1) is 11.3 Å². The molecular weight excluding hydrogens is 244 g/mol. The van der Waals surface area contributed by atoms with E-state index in [0.717, 1.165) is 5.57 Å². The number of aliphatic hydroxyl groups is 1. The Morgan fingerprint density at radius 1 is 1.32 bits per heavy atom. The van der Waals surface area contributed by atoms with Gasteiger partial charge in [-0.15, -0.1) is 0 Å². The maximum Gasteiger partial charge on any atom is 0.303 e. The van der Waals surface area contributed by atoms with Crippen molar-refractivity contribution in [1.82, 2.24) is 0 Å². The summed E-state index contributed by atoms with van der Waals surface area (Å²) in [7, 11) is 0. The van der Waals surface area contributed by atoms with Crippen LogP contribution in [0.4, 0.5) is 0 Å². The number of hydrogen-bond donors (Lipinski definition) is 2. The van der Waals surface area contributed by atoms with Gasteiger partial charge in [0, 0.05) is 6.42 Å². The molecule has 0 aromatic carbocycles. The Balaban J connectivity index is 2.77. The van der Waals surface area contributed by atoms with Crippen LogP contribution in [0.3, 0.4) is 0 Å². The minimum absolute atomic E-state index is 0.110. The number of rotatable bonds is 6. The summed E-state index contributed by atoms with van der Waals surface area (Å²) < 4.78 is 0. The molecule has 0 aromatic heterocycles. The Kier molecular flexibility index (Phi) is 4.69. The highest BCUT2D eigenvalue weighted by Gasteiger charge is 2.48. The topological polar surface area (TPSA) is 74.6 Å². The number of ketones is 1. The first-order valence-corrected chi connectivity index (χ1v) is 6.46. The zero-order valence-electron chi connectivity index (χ0n) is 11.6. The number of aliphatic carboxylic acids is 1. The SMILES string of the molecule is C=C(CCC(=O)O)C(=O)[C@@]1(C)C[C@H](C(=C)C)C[C@@H]1O. The molecule has 0 unspecified atom stereocenters. The normalized spacial score (nSPS) is 30.1. The van der Waals surface area contributed by atoms with Gasteiger partial charge in [-0.2, -0.15) is 0 Å². The Morgan fingerprint density at radius 2 is 1.89 bits per heavy atom. The monoisotopic (exact) mass is 266 g/mol. The van der Waals surface area contributed by atoms with E-state index < -0.39 is 17.5 Å². The summed E-state index contributed by atoms with van der Waals surface area (Å²) in [6.07, 6.45) is 0.385. The Hall–Kier alpha value is -1.42. The molecule has 1 saturated carbocycles. The molecule has 4 heteroatoms. The largest absolute Gasteiger partial charge is 0.481 e. The molecule has 0 heterocycles. The third-order valence-corrected chi connectivity index (χ3v) is 4.09. The first-order valence-electron chi connectivity index (χ1n) is 6.46. The van der Waals surface area contributed by atoms with Crippen LogP contribution >= 0.6 is 0 Å². The van der Waals surface area contributed by atoms with Crippen LogP contribution in [0.25, 0.3) is 0 Å². The van der Waals surface area contributed by atoms with Crippen LogP contribution in [-0.4, -0.2) is 28.1 Å². The molecule has 3 atom stereocenters. The standard InChI is InChI=1S/C15H22O4/c1-9(2)11-7-12(16)15(4,8-11)14(19)10(3)5-6-13(17)18/h11-12,16H,1,3,5-8H2,2,4H3,(H,17,18)/t11-,12+,15+/m1/s1. The zero-order valence-corrected chi connectivity index (χ0v) is 11.6. The van der Waals surface area contributed by atoms with Crippen LogP contribution in [0.5, 0.6) is 0 Å². The second-order valence-corrected chi connectivity index (χ2v) is 5.74. The maximum atomic E-state index is 12.4. The van der Waals surface area contributed by atoms with Crippen LogP contribution in [0.2, 0.25) is 0 Å². The fourth-order valence-corrected chi connectivity index (χ4v) is 2.66. The van der Waals surface area contributed by atoms with E-state index in [4.69, 9.17) is 5.11 Å². The minimum Gasteiger partial charge on any atom is -0.481 e. The average molecular weight is 266 g/mol. The molecule has 1 fully saturated rings. The van der Waals surface area contributed by atoms with Crippen molar-refractivity contribution in [2.75, 3.05) is 0 Å². The van der Waals surface area contributed by atoms with Crippen molar-refractivity contribution in [2.24, 2.45) is 11.3 Å². The lowest BCUT2D eigenvalue weighted by atomic mass is 9.77. The van der Waals surface area contributed by atoms with E-state index in [1.807, 2.05) is 6.92 Å². The first-order chi connectivity index (χ1) is 8.68. The molecule has 0 amide bonds. The van der Waals surface area contributed by atoms with E-state index in [0.29, 0.717) is 12.8 Å². The molecule has 0 radical (unpaired) electrons. The highest BCUT2D eigenvalue weighted by Crippen LogP contribution is 2.46. The maximum absolute atomic E-state index is 12.4. The van der Waals surface area contributed by atoms with E-state index in [2.05, 4.69) is 13.2 Å². The molecule has 0 bridgehead atoms. The zero-order chi connectivity index (χ0) is 14.8. The summed E-state index contributed by atoms with van der Waals surface area (Å²) in [5.74, 6) is -1.04. The number of allylic oxidation sites excluding steroid dienone is 2. The van der Waals surface area contributed by atoms with Crippen molar-refractivity contribution >= 4 is 11.8 Å². The van der Waals surface area contributed by atoms with Crippen molar-refractivity contribution < 1.29 is 19.8 Å². The van der Waals surface area contributed by atoms with Gasteiger partial charge in [0.05, 0.1) is 11.5 Å². The van der Waals surface area contributed by atoms with Gasteiger partial charge in [0.2, 0.25) is 0 Å². The lowest BCUT2D eigenvalue weighted by Gasteiger charge is -2.27. The smallest absolute Gasteiger partial charge is 0.303 e. The van der Waals surface area contributed by atoms with E-state index in [-0.39, 0.29) is 30.1 Å². The number of carboxylic acids is 1. The average Bonchev–Trinajstić information content (AvgIpc) is 2.63. The first kappa shape index (κ1) is 15.6. The third-order valence-electron chi connectivity index (χ3n) is 4.09. The third kappa shape index (κ3) is 3.32. The van der Waals surface area contributed by atoms with Gasteiger partial charge in [0.25, 0.3) is 0 Å². The quantitative estimate of drug-likeness (QED) is 0.571. The molecule has 0 aliphatic heterocycles. The summed E-state index contributed by atoms with van der Waals surface area (Å²) >= 11 is 0. The molecule has 2 N–H and O–H groups in total. The molecule has 1 aliphatic carbocycles. The Labute approximate surface area is 113 Å². The highest BCUT2D eigenvalue weighted by molar-refractivity contribution is 6.00. The lowest BCUT2D eigenvalue weighted by Crippen LogP contribution is -2.36. The van der Waals surface area contributed by atoms with E-state index >= 15 is 0 Å². The molecule has 106 valence electrons. The van der Waals surface area contributed by atoms with E-state index in [9.17, 15) is 14.7 Å². The second-order valence-electron chi connectivity index (χ2n) is 5.74. The van der Waals surface area contributed by atoms with Crippen molar-refractivity contribution in [3.8, 4) is 0 Å². The highest BCUT2D eigenvalue weighted by atomic mass is 16.4. The van der Waals surface area contributed by atoms with Gasteiger partial charge in [-0.3, -0.25) is 9.59 Å². The summed E-state index contributed by atoms with van der Waals surface area (Å²) in [6.45, 7) is 11.2. The van der Waals surface area contributed by atoms with Gasteiger partial charge >= 0.3 is 5.97 Å². The second kappa shape index (κ2) is 5.70. The van der Waals surface area contributed by atoms with Gasteiger partial charge in [0.15, 0.2) is 5.78 Å². The van der Waals surface area contributed by atoms with Crippen molar-refractivity contribution in [3.63, 3.8) is 0 Å².